The lowest BCUT2D eigenvalue weighted by molar-refractivity contribution is -0.139. The third-order valence-electron chi connectivity index (χ3n) is 5.39. The molecule has 0 spiro atoms. The molecule has 148 valence electrons. The Bertz CT molecular complexity index is 804. The predicted molar refractivity (Wildman–Crippen MR) is 101 cm³/mol. The monoisotopic (exact) mass is 413 g/mol. The van der Waals surface area contributed by atoms with E-state index in [2.05, 4.69) is 0 Å². The molecule has 0 aromatic heterocycles. The predicted octanol–water partition coefficient (Wildman–Crippen LogP) is 1.46. The summed E-state index contributed by atoms with van der Waals surface area (Å²) < 4.78 is 27.1. The van der Waals surface area contributed by atoms with Gasteiger partial charge in [0.05, 0.1) is 10.8 Å². The van der Waals surface area contributed by atoms with Gasteiger partial charge in [-0.2, -0.15) is 4.31 Å². The highest BCUT2D eigenvalue weighted by molar-refractivity contribution is 7.89. The van der Waals surface area contributed by atoms with Crippen molar-refractivity contribution < 1.29 is 18.0 Å². The Hall–Kier alpha value is -1.64. The Morgan fingerprint density at radius 2 is 1.63 bits per heavy atom. The van der Waals surface area contributed by atoms with E-state index in [0.29, 0.717) is 50.3 Å². The molecule has 0 unspecified atom stereocenters. The summed E-state index contributed by atoms with van der Waals surface area (Å²) in [5.41, 5.74) is 5.34. The molecule has 0 radical (unpaired) electrons. The largest absolute Gasteiger partial charge is 0.369 e. The van der Waals surface area contributed by atoms with Crippen molar-refractivity contribution in [1.82, 2.24) is 9.21 Å². The summed E-state index contributed by atoms with van der Waals surface area (Å²) in [5.74, 6) is -0.887. The van der Waals surface area contributed by atoms with Crippen LogP contribution in [0.4, 0.5) is 0 Å². The smallest absolute Gasteiger partial charge is 0.243 e. The van der Waals surface area contributed by atoms with Crippen molar-refractivity contribution in [2.45, 2.75) is 30.6 Å². The normalized spacial score (nSPS) is 22.6. The van der Waals surface area contributed by atoms with Crippen LogP contribution in [-0.4, -0.2) is 55.6 Å². The lowest BCUT2D eigenvalue weighted by Crippen LogP contribution is -2.49. The molecule has 2 aliphatic rings. The Morgan fingerprint density at radius 3 is 2.22 bits per heavy atom. The first-order valence-corrected chi connectivity index (χ1v) is 10.9. The van der Waals surface area contributed by atoms with E-state index in [9.17, 15) is 18.0 Å². The summed E-state index contributed by atoms with van der Waals surface area (Å²) in [6.45, 7) is 1.57. The molecule has 3 rings (SSSR count). The lowest BCUT2D eigenvalue weighted by atomic mass is 9.93. The van der Waals surface area contributed by atoms with Crippen LogP contribution in [0, 0.1) is 11.8 Å². The number of nitrogens with two attached hydrogens (primary N) is 1. The van der Waals surface area contributed by atoms with E-state index in [4.69, 9.17) is 17.3 Å². The molecule has 0 saturated carbocycles. The zero-order valence-electron chi connectivity index (χ0n) is 15.0. The van der Waals surface area contributed by atoms with E-state index >= 15 is 0 Å². The maximum absolute atomic E-state index is 12.9. The number of nitrogens with zero attached hydrogens (tertiary/aromatic N) is 2. The van der Waals surface area contributed by atoms with Gasteiger partial charge in [0.15, 0.2) is 0 Å². The number of sulfonamides is 1. The van der Waals surface area contributed by atoms with E-state index in [-0.39, 0.29) is 35.1 Å². The molecule has 27 heavy (non-hydrogen) atoms. The minimum Gasteiger partial charge on any atom is -0.369 e. The lowest BCUT2D eigenvalue weighted by Gasteiger charge is -2.37. The number of hydrogen-bond acceptors (Lipinski definition) is 4. The van der Waals surface area contributed by atoms with Gasteiger partial charge in [-0.15, -0.1) is 0 Å². The summed E-state index contributed by atoms with van der Waals surface area (Å²) in [4.78, 5) is 26.1. The maximum atomic E-state index is 12.9. The van der Waals surface area contributed by atoms with Gasteiger partial charge < -0.3 is 10.6 Å². The highest BCUT2D eigenvalue weighted by Gasteiger charge is 2.36. The van der Waals surface area contributed by atoms with Crippen LogP contribution in [-0.2, 0) is 19.6 Å². The minimum atomic E-state index is -3.65. The zero-order chi connectivity index (χ0) is 19.6. The molecule has 2 heterocycles. The highest BCUT2D eigenvalue weighted by Crippen LogP contribution is 2.27. The third-order valence-corrected chi connectivity index (χ3v) is 7.53. The van der Waals surface area contributed by atoms with Gasteiger partial charge in [0.1, 0.15) is 0 Å². The molecule has 2 aliphatic heterocycles. The number of carbonyl (C=O) groups excluding carboxylic acids is 2. The molecule has 7 nitrogen and oxygen atoms in total. The Balaban J connectivity index is 1.66. The second-order valence-corrected chi connectivity index (χ2v) is 9.53. The van der Waals surface area contributed by atoms with E-state index in [1.54, 1.807) is 17.0 Å². The topological polar surface area (TPSA) is 101 Å². The number of likely N-dealkylation sites (tertiary alicyclic amines) is 1. The molecular weight excluding hydrogens is 390 g/mol. The number of carbonyl (C=O) groups is 2. The van der Waals surface area contributed by atoms with Crippen LogP contribution in [0.5, 0.6) is 0 Å². The van der Waals surface area contributed by atoms with Crippen molar-refractivity contribution in [3.05, 3.63) is 29.3 Å². The van der Waals surface area contributed by atoms with Crippen LogP contribution in [0.2, 0.25) is 5.02 Å². The molecule has 1 aromatic carbocycles. The Labute approximate surface area is 164 Å². The second-order valence-electron chi connectivity index (χ2n) is 7.16. The standard InChI is InChI=1S/C18H24ClN3O4S/c19-15-3-5-16(6-4-15)27(25,26)22-9-1-2-14(12-22)18(24)21-10-7-13(8-11-21)17(20)23/h3-6,13-14H,1-2,7-12H2,(H2,20,23)/t14-/m1/s1. The molecule has 1 aromatic rings. The average molecular weight is 414 g/mol. The first-order chi connectivity index (χ1) is 12.8. The van der Waals surface area contributed by atoms with E-state index in [1.165, 1.54) is 16.4 Å². The summed E-state index contributed by atoms with van der Waals surface area (Å²) in [6, 6.07) is 6.06. The van der Waals surface area contributed by atoms with Gasteiger partial charge in [-0.05, 0) is 49.9 Å². The fourth-order valence-electron chi connectivity index (χ4n) is 3.76. The quantitative estimate of drug-likeness (QED) is 0.807. The van der Waals surface area contributed by atoms with Gasteiger partial charge in [-0.25, -0.2) is 8.42 Å². The highest BCUT2D eigenvalue weighted by atomic mass is 35.5. The zero-order valence-corrected chi connectivity index (χ0v) is 16.6. The fourth-order valence-corrected chi connectivity index (χ4v) is 5.41. The summed E-state index contributed by atoms with van der Waals surface area (Å²) >= 11 is 5.84. The second kappa shape index (κ2) is 8.16. The molecule has 2 N–H and O–H groups in total. The van der Waals surface area contributed by atoms with Gasteiger partial charge in [-0.1, -0.05) is 11.6 Å². The maximum Gasteiger partial charge on any atom is 0.243 e. The van der Waals surface area contributed by atoms with Crippen molar-refractivity contribution in [2.75, 3.05) is 26.2 Å². The number of primary amides is 1. The van der Waals surface area contributed by atoms with Gasteiger partial charge in [0.25, 0.3) is 0 Å². The van der Waals surface area contributed by atoms with Crippen LogP contribution in [0.3, 0.4) is 0 Å². The van der Waals surface area contributed by atoms with Crippen LogP contribution in [0.1, 0.15) is 25.7 Å². The van der Waals surface area contributed by atoms with Crippen LogP contribution in [0.25, 0.3) is 0 Å². The number of benzene rings is 1. The van der Waals surface area contributed by atoms with Gasteiger partial charge in [0, 0.05) is 37.1 Å². The SMILES string of the molecule is NC(=O)C1CCN(C(=O)[C@@H]2CCCN(S(=O)(=O)c3ccc(Cl)cc3)C2)CC1. The fraction of sp³-hybridized carbons (Fsp3) is 0.556. The molecule has 2 fully saturated rings. The number of amides is 2. The molecule has 1 atom stereocenters. The van der Waals surface area contributed by atoms with Gasteiger partial charge in [0.2, 0.25) is 21.8 Å². The molecule has 0 bridgehead atoms. The summed E-state index contributed by atoms with van der Waals surface area (Å²) in [6.07, 6.45) is 2.45. The first-order valence-electron chi connectivity index (χ1n) is 9.13. The summed E-state index contributed by atoms with van der Waals surface area (Å²) in [5, 5.41) is 0.472. The molecule has 2 saturated heterocycles. The van der Waals surface area contributed by atoms with Crippen molar-refractivity contribution >= 4 is 33.4 Å². The number of piperidine rings is 2. The molecule has 0 aliphatic carbocycles. The van der Waals surface area contributed by atoms with E-state index in [0.717, 1.165) is 0 Å². The molecular formula is C18H24ClN3O4S. The average Bonchev–Trinajstić information content (AvgIpc) is 2.68. The minimum absolute atomic E-state index is 0.0334. The number of rotatable bonds is 4. The Kier molecular flexibility index (Phi) is 6.08. The number of halogens is 1. The first kappa shape index (κ1) is 20.1. The van der Waals surface area contributed by atoms with E-state index < -0.39 is 10.0 Å². The molecule has 9 heteroatoms. The summed E-state index contributed by atoms with van der Waals surface area (Å²) in [7, 11) is -3.65. The van der Waals surface area contributed by atoms with Crippen LogP contribution in [0.15, 0.2) is 29.2 Å². The van der Waals surface area contributed by atoms with Crippen molar-refractivity contribution in [3.63, 3.8) is 0 Å². The van der Waals surface area contributed by atoms with Gasteiger partial charge in [-0.3, -0.25) is 9.59 Å². The molecule has 2 amide bonds. The van der Waals surface area contributed by atoms with E-state index in [1.807, 2.05) is 0 Å². The van der Waals surface area contributed by atoms with Crippen molar-refractivity contribution in [1.29, 1.82) is 0 Å². The number of hydrogen-bond donors (Lipinski definition) is 1. The van der Waals surface area contributed by atoms with Crippen molar-refractivity contribution in [3.8, 4) is 0 Å². The Morgan fingerprint density at radius 1 is 1.00 bits per heavy atom. The van der Waals surface area contributed by atoms with Gasteiger partial charge >= 0.3 is 0 Å². The third kappa shape index (κ3) is 4.44. The van der Waals surface area contributed by atoms with Crippen molar-refractivity contribution in [2.24, 2.45) is 17.6 Å². The van der Waals surface area contributed by atoms with Crippen LogP contribution < -0.4 is 5.73 Å². The van der Waals surface area contributed by atoms with Crippen LogP contribution >= 0.6 is 11.6 Å².